The third kappa shape index (κ3) is 5.22. The molecule has 1 aliphatic heterocycles. The molecule has 2 aliphatic carbocycles. The molecule has 1 heterocycles. The number of hydrogen-bond acceptors (Lipinski definition) is 15. The minimum Gasteiger partial charge on any atom is -0.504 e. The van der Waals surface area contributed by atoms with Crippen LogP contribution < -0.4 is 9.62 Å². The van der Waals surface area contributed by atoms with Crippen LogP contribution in [0.4, 0.5) is 0 Å². The van der Waals surface area contributed by atoms with E-state index in [1.807, 2.05) is 0 Å². The summed E-state index contributed by atoms with van der Waals surface area (Å²) in [6, 6.07) is 16.1. The number of ketones is 4. The van der Waals surface area contributed by atoms with Crippen molar-refractivity contribution in [2.24, 2.45) is 0 Å². The summed E-state index contributed by atoms with van der Waals surface area (Å²) in [4.78, 5) is 77.8. The third-order valence-corrected chi connectivity index (χ3v) is 8.71. The van der Waals surface area contributed by atoms with E-state index in [2.05, 4.69) is 0 Å². The second-order valence-corrected chi connectivity index (χ2v) is 11.8. The maximum atomic E-state index is 13.8. The van der Waals surface area contributed by atoms with E-state index in [0.717, 1.165) is 25.1 Å². The van der Waals surface area contributed by atoms with Gasteiger partial charge in [-0.25, -0.2) is 0 Å². The summed E-state index contributed by atoms with van der Waals surface area (Å²) in [6.45, 7) is -0.121. The summed E-state index contributed by atoms with van der Waals surface area (Å²) < 4.78 is 17.0. The molecule has 5 N–H and O–H groups in total. The van der Waals surface area contributed by atoms with Crippen molar-refractivity contribution in [2.75, 3.05) is 6.61 Å². The lowest BCUT2D eigenvalue weighted by Crippen LogP contribution is -2.69. The first-order valence-electron chi connectivity index (χ1n) is 15.3. The van der Waals surface area contributed by atoms with Crippen LogP contribution in [-0.4, -0.2) is 91.6 Å². The number of benzene rings is 4. The van der Waals surface area contributed by atoms with Crippen LogP contribution in [0.15, 0.2) is 72.8 Å². The van der Waals surface area contributed by atoms with Crippen LogP contribution in [-0.2, 0) is 19.2 Å². The minimum atomic E-state index is -3.21. The van der Waals surface area contributed by atoms with Crippen molar-refractivity contribution >= 4 is 29.1 Å². The van der Waals surface area contributed by atoms with Gasteiger partial charge in [0.25, 0.3) is 0 Å². The van der Waals surface area contributed by atoms with E-state index in [4.69, 9.17) is 24.0 Å². The molecule has 0 radical (unpaired) electrons. The van der Waals surface area contributed by atoms with Crippen molar-refractivity contribution < 1.29 is 73.5 Å². The van der Waals surface area contributed by atoms with Gasteiger partial charge in [0, 0.05) is 40.3 Å². The van der Waals surface area contributed by atoms with Gasteiger partial charge in [-0.3, -0.25) is 24.0 Å². The first-order valence-corrected chi connectivity index (χ1v) is 15.3. The quantitative estimate of drug-likeness (QED) is 0.0692. The zero-order chi connectivity index (χ0) is 36.4. The predicted molar refractivity (Wildman–Crippen MR) is 167 cm³/mol. The lowest BCUT2D eigenvalue weighted by molar-refractivity contribution is -0.506. The van der Waals surface area contributed by atoms with Crippen LogP contribution in [0.25, 0.3) is 0 Å². The zero-order valence-corrected chi connectivity index (χ0v) is 26.3. The van der Waals surface area contributed by atoms with Crippen molar-refractivity contribution in [1.82, 2.24) is 0 Å². The first kappa shape index (κ1) is 33.5. The van der Waals surface area contributed by atoms with E-state index in [9.17, 15) is 49.5 Å². The van der Waals surface area contributed by atoms with Crippen LogP contribution >= 0.6 is 0 Å². The first-order chi connectivity index (χ1) is 24.4. The van der Waals surface area contributed by atoms with E-state index in [0.29, 0.717) is 0 Å². The summed E-state index contributed by atoms with van der Waals surface area (Å²) in [7, 11) is 0. The number of aliphatic hydroxyl groups excluding tert-OH is 3. The molecule has 0 unspecified atom stereocenters. The Hall–Kier alpha value is -5.97. The number of phenolic OH excluding ortho intramolecular Hbond substituents is 2. The molecule has 15 nitrogen and oxygen atoms in total. The minimum absolute atomic E-state index is 0.0358. The monoisotopic (exact) mass is 698 g/mol. The number of phenols is 2. The van der Waals surface area contributed by atoms with E-state index in [1.54, 1.807) is 12.1 Å². The molecule has 0 amide bonds. The molecule has 3 aliphatic rings. The Bertz CT molecular complexity index is 2170. The Balaban J connectivity index is 1.39. The Morgan fingerprint density at radius 3 is 1.65 bits per heavy atom. The fourth-order valence-electron chi connectivity index (χ4n) is 6.31. The number of carbonyl (C=O) groups is 5. The Labute approximate surface area is 286 Å². The number of esters is 1. The van der Waals surface area contributed by atoms with E-state index in [1.165, 1.54) is 42.5 Å². The van der Waals surface area contributed by atoms with Crippen molar-refractivity contribution in [3.8, 4) is 23.0 Å². The van der Waals surface area contributed by atoms with Crippen molar-refractivity contribution in [3.63, 3.8) is 0 Å². The number of aromatic hydroxyl groups is 2. The Kier molecular flexibility index (Phi) is 8.16. The fourth-order valence-corrected chi connectivity index (χ4v) is 6.31. The van der Waals surface area contributed by atoms with Crippen LogP contribution in [0.5, 0.6) is 23.0 Å². The molecule has 5 atom stereocenters. The number of rotatable bonds is 7. The summed E-state index contributed by atoms with van der Waals surface area (Å²) in [6.07, 6.45) is -8.24. The van der Waals surface area contributed by atoms with Gasteiger partial charge in [-0.05, 0) is 24.3 Å². The van der Waals surface area contributed by atoms with Crippen molar-refractivity contribution in [3.05, 3.63) is 117 Å². The molecular formula is C36H26O15. The lowest BCUT2D eigenvalue weighted by atomic mass is 9.83. The molecule has 1 saturated heterocycles. The maximum absolute atomic E-state index is 13.8. The summed E-state index contributed by atoms with van der Waals surface area (Å²) >= 11 is 0. The standard InChI is InChI=1S/C36H26O15/c1-15(38)47-35-32(46)31(45)24(14-37)48-36(35,49-33-22(39)12-10-20-25(33)29(43)18-8-4-2-6-16(18)27(20)41)51-50-34-23(40)13-11-21-26(34)30(44)19-9-5-3-7-17(19)28(21)42/h2-13,24,31-32,35,37,39-40,45-46H,14H2,1H3/t24-,31-,32+,35-,36+/m1/s1. The summed E-state index contributed by atoms with van der Waals surface area (Å²) in [5, 5.41) is 54.0. The molecule has 0 bridgehead atoms. The molecule has 0 aromatic heterocycles. The molecular weight excluding hydrogens is 672 g/mol. The average molecular weight is 699 g/mol. The van der Waals surface area contributed by atoms with Gasteiger partial charge in [0.1, 0.15) is 18.3 Å². The third-order valence-electron chi connectivity index (χ3n) is 8.71. The van der Waals surface area contributed by atoms with Gasteiger partial charge in [0.15, 0.2) is 40.4 Å². The largest absolute Gasteiger partial charge is 0.504 e. The van der Waals surface area contributed by atoms with Gasteiger partial charge in [-0.1, -0.05) is 48.5 Å². The normalized spacial score (nSPS) is 23.5. The fraction of sp³-hybridized carbons (Fsp3) is 0.194. The molecule has 0 spiro atoms. The lowest BCUT2D eigenvalue weighted by Gasteiger charge is -2.46. The molecule has 15 heteroatoms. The van der Waals surface area contributed by atoms with Gasteiger partial charge in [0.2, 0.25) is 11.9 Å². The number of carbonyl (C=O) groups excluding carboxylic acids is 5. The van der Waals surface area contributed by atoms with E-state index in [-0.39, 0.29) is 33.4 Å². The maximum Gasteiger partial charge on any atom is 0.407 e. The SMILES string of the molecule is CC(=O)O[C@@H]1[C@@H](O)[C@H](O)[C@@H](CO)O[C@]1(OOc1c(O)ccc2c1C(=O)c1ccccc1C2=O)Oc1c(O)ccc2c1C(=O)c1ccccc1C2=O. The van der Waals surface area contributed by atoms with Crippen molar-refractivity contribution in [1.29, 1.82) is 0 Å². The van der Waals surface area contributed by atoms with Crippen LogP contribution in [0, 0.1) is 0 Å². The van der Waals surface area contributed by atoms with E-state index < -0.39 is 100 Å². The van der Waals surface area contributed by atoms with Gasteiger partial charge >= 0.3 is 11.9 Å². The second kappa shape index (κ2) is 12.4. The summed E-state index contributed by atoms with van der Waals surface area (Å²) in [5.74, 6) is -10.2. The summed E-state index contributed by atoms with van der Waals surface area (Å²) in [5.41, 5.74) is -1.39. The zero-order valence-electron chi connectivity index (χ0n) is 26.3. The molecule has 0 saturated carbocycles. The van der Waals surface area contributed by atoms with Gasteiger partial charge in [-0.15, -0.1) is 4.89 Å². The smallest absolute Gasteiger partial charge is 0.407 e. The second-order valence-electron chi connectivity index (χ2n) is 11.8. The number of hydrogen-bond donors (Lipinski definition) is 5. The van der Waals surface area contributed by atoms with Gasteiger partial charge < -0.3 is 44.6 Å². The number of aliphatic hydroxyl groups is 3. The molecule has 1 fully saturated rings. The highest BCUT2D eigenvalue weighted by molar-refractivity contribution is 6.30. The molecule has 4 aromatic carbocycles. The average Bonchev–Trinajstić information content (AvgIpc) is 3.12. The van der Waals surface area contributed by atoms with Crippen LogP contribution in [0.3, 0.4) is 0 Å². The highest BCUT2D eigenvalue weighted by atomic mass is 17.3. The Morgan fingerprint density at radius 2 is 1.16 bits per heavy atom. The van der Waals surface area contributed by atoms with Gasteiger partial charge in [-0.2, -0.15) is 0 Å². The predicted octanol–water partition coefficient (Wildman–Crippen LogP) is 1.74. The molecule has 51 heavy (non-hydrogen) atoms. The topological polar surface area (TPSA) is 233 Å². The van der Waals surface area contributed by atoms with Crippen LogP contribution in [0.2, 0.25) is 0 Å². The van der Waals surface area contributed by atoms with Crippen molar-refractivity contribution in [2.45, 2.75) is 37.3 Å². The Morgan fingerprint density at radius 1 is 0.686 bits per heavy atom. The molecule has 260 valence electrons. The highest BCUT2D eigenvalue weighted by Crippen LogP contribution is 2.46. The molecule has 4 aromatic rings. The van der Waals surface area contributed by atoms with Gasteiger partial charge in [0.05, 0.1) is 17.7 Å². The molecule has 7 rings (SSSR count). The number of ether oxygens (including phenoxy) is 3. The van der Waals surface area contributed by atoms with Crippen LogP contribution in [0.1, 0.15) is 70.6 Å². The van der Waals surface area contributed by atoms with E-state index >= 15 is 0 Å². The number of fused-ring (bicyclic) bond motifs is 4. The highest BCUT2D eigenvalue weighted by Gasteiger charge is 2.62.